The molecule has 0 bridgehead atoms. The molecule has 1 aromatic heterocycles. The molecule has 2 fully saturated rings. The quantitative estimate of drug-likeness (QED) is 0.383. The van der Waals surface area contributed by atoms with Gasteiger partial charge in [0.15, 0.2) is 5.96 Å². The van der Waals surface area contributed by atoms with Crippen LogP contribution in [0.4, 0.5) is 5.82 Å². The van der Waals surface area contributed by atoms with E-state index in [-0.39, 0.29) is 0 Å². The van der Waals surface area contributed by atoms with Gasteiger partial charge >= 0.3 is 0 Å². The van der Waals surface area contributed by atoms with Crippen molar-refractivity contribution in [2.24, 2.45) is 4.99 Å². The minimum atomic E-state index is 0.291. The van der Waals surface area contributed by atoms with Gasteiger partial charge in [0.1, 0.15) is 5.82 Å². The number of aromatic nitrogens is 1. The number of hydrogen-bond donors (Lipinski definition) is 2. The number of piperazine rings is 1. The Morgan fingerprint density at radius 3 is 2.76 bits per heavy atom. The number of guanidine groups is 1. The Morgan fingerprint density at radius 2 is 2.03 bits per heavy atom. The molecule has 8 heteroatoms. The van der Waals surface area contributed by atoms with Gasteiger partial charge < -0.3 is 25.3 Å². The summed E-state index contributed by atoms with van der Waals surface area (Å²) >= 11 is 0. The zero-order valence-electron chi connectivity index (χ0n) is 17.9. The summed E-state index contributed by atoms with van der Waals surface area (Å²) in [6, 6.07) is 4.18. The molecule has 0 aliphatic carbocycles. The van der Waals surface area contributed by atoms with Crippen LogP contribution in [0.25, 0.3) is 0 Å². The van der Waals surface area contributed by atoms with E-state index in [1.165, 1.54) is 0 Å². The fourth-order valence-electron chi connectivity index (χ4n) is 3.70. The van der Waals surface area contributed by atoms with Crippen molar-refractivity contribution in [2.45, 2.75) is 32.7 Å². The lowest BCUT2D eigenvalue weighted by molar-refractivity contribution is -0.127. The maximum Gasteiger partial charge on any atom is 0.222 e. The van der Waals surface area contributed by atoms with Crippen molar-refractivity contribution in [1.82, 2.24) is 25.4 Å². The van der Waals surface area contributed by atoms with Gasteiger partial charge in [-0.1, -0.05) is 0 Å². The van der Waals surface area contributed by atoms with Crippen molar-refractivity contribution in [3.05, 3.63) is 23.9 Å². The second-order valence-corrected chi connectivity index (χ2v) is 7.77. The second-order valence-electron chi connectivity index (χ2n) is 7.77. The lowest BCUT2D eigenvalue weighted by atomic mass is 10.2. The lowest BCUT2D eigenvalue weighted by Gasteiger charge is -2.33. The number of carbonyl (C=O) groups is 1. The first-order valence-electron chi connectivity index (χ1n) is 10.8. The molecule has 2 aliphatic rings. The van der Waals surface area contributed by atoms with E-state index < -0.39 is 0 Å². The van der Waals surface area contributed by atoms with Crippen LogP contribution in [0.1, 0.15) is 31.7 Å². The Balaban J connectivity index is 1.48. The predicted octanol–water partition coefficient (Wildman–Crippen LogP) is 0.901. The molecule has 2 saturated heterocycles. The van der Waals surface area contributed by atoms with Crippen LogP contribution in [0, 0.1) is 0 Å². The normalized spacial score (nSPS) is 18.4. The van der Waals surface area contributed by atoms with Crippen LogP contribution in [-0.2, 0) is 11.3 Å². The van der Waals surface area contributed by atoms with Crippen LogP contribution in [0.2, 0.25) is 0 Å². The van der Waals surface area contributed by atoms with Crippen molar-refractivity contribution >= 4 is 17.7 Å². The Hall–Kier alpha value is -2.35. The largest absolute Gasteiger partial charge is 0.357 e. The third kappa shape index (κ3) is 6.59. The van der Waals surface area contributed by atoms with E-state index in [0.29, 0.717) is 18.9 Å². The van der Waals surface area contributed by atoms with Crippen LogP contribution in [0.3, 0.4) is 0 Å². The first-order valence-corrected chi connectivity index (χ1v) is 10.8. The number of carbonyl (C=O) groups excluding carboxylic acids is 1. The van der Waals surface area contributed by atoms with Gasteiger partial charge in [-0.25, -0.2) is 9.98 Å². The number of nitrogens with zero attached hydrogens (tertiary/aromatic N) is 5. The van der Waals surface area contributed by atoms with Crippen LogP contribution in [-0.4, -0.2) is 86.1 Å². The van der Waals surface area contributed by atoms with Crippen LogP contribution < -0.4 is 15.5 Å². The average molecular weight is 402 g/mol. The molecule has 8 nitrogen and oxygen atoms in total. The third-order valence-electron chi connectivity index (χ3n) is 5.47. The summed E-state index contributed by atoms with van der Waals surface area (Å²) in [6.07, 6.45) is 4.52. The van der Waals surface area contributed by atoms with Crippen molar-refractivity contribution in [3.63, 3.8) is 0 Å². The summed E-state index contributed by atoms with van der Waals surface area (Å²) < 4.78 is 0. The van der Waals surface area contributed by atoms with E-state index in [4.69, 9.17) is 4.99 Å². The van der Waals surface area contributed by atoms with E-state index in [9.17, 15) is 4.79 Å². The number of likely N-dealkylation sites (N-methyl/N-ethyl adjacent to an activating group) is 1. The van der Waals surface area contributed by atoms with Gasteiger partial charge in [-0.15, -0.1) is 0 Å². The molecular formula is C21H35N7O. The summed E-state index contributed by atoms with van der Waals surface area (Å²) in [5.74, 6) is 2.15. The Morgan fingerprint density at radius 1 is 1.21 bits per heavy atom. The molecule has 0 saturated carbocycles. The fraction of sp³-hybridized carbons (Fsp3) is 0.667. The molecular weight excluding hydrogens is 366 g/mol. The fourth-order valence-corrected chi connectivity index (χ4v) is 3.70. The number of pyridine rings is 1. The minimum absolute atomic E-state index is 0.291. The zero-order valence-corrected chi connectivity index (χ0v) is 17.9. The van der Waals surface area contributed by atoms with Gasteiger partial charge in [0.05, 0.1) is 6.54 Å². The summed E-state index contributed by atoms with van der Waals surface area (Å²) in [7, 11) is 2.16. The Labute approximate surface area is 174 Å². The Kier molecular flexibility index (Phi) is 8.10. The minimum Gasteiger partial charge on any atom is -0.357 e. The number of anilines is 1. The number of nitrogens with one attached hydrogen (secondary N) is 2. The molecule has 0 spiro atoms. The van der Waals surface area contributed by atoms with Crippen molar-refractivity contribution in [2.75, 3.05) is 64.3 Å². The summed E-state index contributed by atoms with van der Waals surface area (Å²) in [5.41, 5.74) is 1.16. The molecule has 29 heavy (non-hydrogen) atoms. The molecule has 0 aromatic carbocycles. The first-order chi connectivity index (χ1) is 14.2. The van der Waals surface area contributed by atoms with Gasteiger partial charge in [-0.05, 0) is 44.5 Å². The number of hydrogen-bond acceptors (Lipinski definition) is 5. The lowest BCUT2D eigenvalue weighted by Crippen LogP contribution is -2.44. The SMILES string of the molecule is CCNC(=NCc1ccnc(N2CCN(C)CC2)c1)NCCCN1CCCC1=O. The molecule has 1 aromatic rings. The van der Waals surface area contributed by atoms with Crippen molar-refractivity contribution in [3.8, 4) is 0 Å². The number of amides is 1. The maximum atomic E-state index is 11.7. The van der Waals surface area contributed by atoms with Crippen molar-refractivity contribution in [1.29, 1.82) is 0 Å². The molecule has 0 unspecified atom stereocenters. The molecule has 1 amide bonds. The van der Waals surface area contributed by atoms with Crippen LogP contribution >= 0.6 is 0 Å². The number of rotatable bonds is 8. The van der Waals surface area contributed by atoms with Gasteiger partial charge in [0, 0.05) is 65.0 Å². The highest BCUT2D eigenvalue weighted by molar-refractivity contribution is 5.80. The Bertz CT molecular complexity index is 685. The van der Waals surface area contributed by atoms with Gasteiger partial charge in [0.25, 0.3) is 0 Å². The van der Waals surface area contributed by atoms with Crippen LogP contribution in [0.15, 0.2) is 23.3 Å². The number of likely N-dealkylation sites (tertiary alicyclic amines) is 1. The zero-order chi connectivity index (χ0) is 20.5. The smallest absolute Gasteiger partial charge is 0.222 e. The highest BCUT2D eigenvalue weighted by atomic mass is 16.2. The first kappa shape index (κ1) is 21.4. The molecule has 0 atom stereocenters. The highest BCUT2D eigenvalue weighted by Crippen LogP contribution is 2.15. The monoisotopic (exact) mass is 401 g/mol. The van der Waals surface area contributed by atoms with Gasteiger partial charge in [-0.3, -0.25) is 4.79 Å². The average Bonchev–Trinajstić information content (AvgIpc) is 3.15. The second kappa shape index (κ2) is 11.0. The number of aliphatic imine (C=N–C) groups is 1. The predicted molar refractivity (Wildman–Crippen MR) is 117 cm³/mol. The highest BCUT2D eigenvalue weighted by Gasteiger charge is 2.19. The summed E-state index contributed by atoms with van der Waals surface area (Å²) in [6.45, 7) is 10.2. The van der Waals surface area contributed by atoms with Crippen molar-refractivity contribution < 1.29 is 4.79 Å². The molecule has 2 N–H and O–H groups in total. The standard InChI is InChI=1S/C21H35N7O/c1-3-22-21(24-8-5-11-28-10-4-6-20(28)29)25-17-18-7-9-23-19(16-18)27-14-12-26(2)13-15-27/h7,9,16H,3-6,8,10-15,17H2,1-2H3,(H2,22,24,25). The topological polar surface area (TPSA) is 76.1 Å². The molecule has 0 radical (unpaired) electrons. The third-order valence-corrected chi connectivity index (χ3v) is 5.47. The van der Waals surface area contributed by atoms with E-state index >= 15 is 0 Å². The molecule has 160 valence electrons. The summed E-state index contributed by atoms with van der Waals surface area (Å²) in [5, 5.41) is 6.68. The summed E-state index contributed by atoms with van der Waals surface area (Å²) in [4.78, 5) is 27.6. The molecule has 3 heterocycles. The van der Waals surface area contributed by atoms with E-state index in [1.54, 1.807) is 0 Å². The maximum absolute atomic E-state index is 11.7. The van der Waals surface area contributed by atoms with E-state index in [0.717, 1.165) is 82.5 Å². The van der Waals surface area contributed by atoms with E-state index in [1.807, 2.05) is 17.2 Å². The molecule has 3 rings (SSSR count). The molecule has 2 aliphatic heterocycles. The van der Waals surface area contributed by atoms with Crippen LogP contribution in [0.5, 0.6) is 0 Å². The van der Waals surface area contributed by atoms with E-state index in [2.05, 4.69) is 45.5 Å². The van der Waals surface area contributed by atoms with Gasteiger partial charge in [-0.2, -0.15) is 0 Å². The van der Waals surface area contributed by atoms with Gasteiger partial charge in [0.2, 0.25) is 5.91 Å².